The summed E-state index contributed by atoms with van der Waals surface area (Å²) in [6.07, 6.45) is 1.69. The molecule has 0 saturated heterocycles. The van der Waals surface area contributed by atoms with Gasteiger partial charge in [-0.3, -0.25) is 0 Å². The molecule has 148 valence electrons. The van der Waals surface area contributed by atoms with Crippen molar-refractivity contribution in [2.75, 3.05) is 7.11 Å². The first kappa shape index (κ1) is 18.8. The molecule has 0 N–H and O–H groups in total. The second kappa shape index (κ2) is 7.84. The molecule has 29 heavy (non-hydrogen) atoms. The Morgan fingerprint density at radius 3 is 2.52 bits per heavy atom. The normalized spacial score (nSPS) is 10.9. The fraction of sp³-hybridized carbons (Fsp3) is 0.150. The van der Waals surface area contributed by atoms with Crippen LogP contribution in [0.2, 0.25) is 5.02 Å². The van der Waals surface area contributed by atoms with Crippen LogP contribution in [0.5, 0.6) is 11.9 Å². The Bertz CT molecular complexity index is 1200. The maximum absolute atomic E-state index is 12.5. The van der Waals surface area contributed by atoms with Gasteiger partial charge < -0.3 is 9.47 Å². The molecule has 0 saturated carbocycles. The van der Waals surface area contributed by atoms with E-state index in [1.807, 2.05) is 48.5 Å². The second-order valence-corrected chi connectivity index (χ2v) is 6.62. The van der Waals surface area contributed by atoms with Crippen LogP contribution in [0, 0.1) is 0 Å². The van der Waals surface area contributed by atoms with Gasteiger partial charge in [0.25, 0.3) is 5.88 Å². The Morgan fingerprint density at radius 2 is 1.76 bits per heavy atom. The van der Waals surface area contributed by atoms with E-state index in [0.717, 1.165) is 11.3 Å². The van der Waals surface area contributed by atoms with E-state index in [9.17, 15) is 4.79 Å². The first-order valence-electron chi connectivity index (χ1n) is 8.80. The molecule has 2 aromatic heterocycles. The lowest BCUT2D eigenvalue weighted by Gasteiger charge is -2.11. The van der Waals surface area contributed by atoms with E-state index in [-0.39, 0.29) is 18.3 Å². The second-order valence-electron chi connectivity index (χ2n) is 6.21. The highest BCUT2D eigenvalue weighted by molar-refractivity contribution is 6.31. The van der Waals surface area contributed by atoms with E-state index >= 15 is 0 Å². The molecule has 4 rings (SSSR count). The summed E-state index contributed by atoms with van der Waals surface area (Å²) < 4.78 is 15.4. The number of aryl methyl sites for hydroxylation is 1. The van der Waals surface area contributed by atoms with Crippen molar-refractivity contribution >= 4 is 11.6 Å². The molecule has 0 radical (unpaired) electrons. The Kier molecular flexibility index (Phi) is 5.09. The smallest absolute Gasteiger partial charge is 0.353 e. The summed E-state index contributed by atoms with van der Waals surface area (Å²) in [5.74, 6) is 0.302. The molecule has 0 aliphatic rings. The van der Waals surface area contributed by atoms with E-state index in [1.165, 1.54) is 16.4 Å². The maximum Gasteiger partial charge on any atom is 0.353 e. The molecular formula is C20H18ClN5O3. The van der Waals surface area contributed by atoms with Gasteiger partial charge in [0.05, 0.1) is 24.7 Å². The number of nitrogens with zero attached hydrogens (tertiary/aromatic N) is 5. The maximum atomic E-state index is 12.5. The van der Waals surface area contributed by atoms with Crippen LogP contribution in [0.25, 0.3) is 11.4 Å². The molecule has 0 spiro atoms. The van der Waals surface area contributed by atoms with Gasteiger partial charge in [0.1, 0.15) is 11.6 Å². The van der Waals surface area contributed by atoms with Crippen molar-refractivity contribution in [3.05, 3.63) is 81.9 Å². The molecule has 0 aliphatic carbocycles. The minimum absolute atomic E-state index is 0.159. The van der Waals surface area contributed by atoms with Gasteiger partial charge in [-0.15, -0.1) is 10.2 Å². The lowest BCUT2D eigenvalue weighted by molar-refractivity contribution is 0.291. The predicted molar refractivity (Wildman–Crippen MR) is 108 cm³/mol. The zero-order chi connectivity index (χ0) is 20.4. The summed E-state index contributed by atoms with van der Waals surface area (Å²) in [4.78, 5) is 12.5. The van der Waals surface area contributed by atoms with E-state index < -0.39 is 0 Å². The molecule has 0 bridgehead atoms. The number of ether oxygens (including phenoxy) is 2. The van der Waals surface area contributed by atoms with E-state index in [2.05, 4.69) is 10.2 Å². The van der Waals surface area contributed by atoms with Crippen LogP contribution in [-0.2, 0) is 13.7 Å². The first-order chi connectivity index (χ1) is 14.1. The fourth-order valence-corrected chi connectivity index (χ4v) is 3.11. The molecule has 0 fully saturated rings. The third-order valence-corrected chi connectivity index (χ3v) is 4.59. The van der Waals surface area contributed by atoms with Gasteiger partial charge in [-0.2, -0.15) is 0 Å². The van der Waals surface area contributed by atoms with Gasteiger partial charge in [-0.1, -0.05) is 48.0 Å². The Morgan fingerprint density at radius 1 is 1.03 bits per heavy atom. The third-order valence-electron chi connectivity index (χ3n) is 4.33. The monoisotopic (exact) mass is 411 g/mol. The molecule has 9 heteroatoms. The van der Waals surface area contributed by atoms with Crippen LogP contribution in [0.1, 0.15) is 5.56 Å². The van der Waals surface area contributed by atoms with Crippen molar-refractivity contribution in [3.8, 4) is 23.3 Å². The zero-order valence-corrected chi connectivity index (χ0v) is 16.6. The Hall–Kier alpha value is -3.52. The summed E-state index contributed by atoms with van der Waals surface area (Å²) >= 11 is 6.30. The first-order valence-corrected chi connectivity index (χ1v) is 9.18. The van der Waals surface area contributed by atoms with E-state index in [0.29, 0.717) is 16.6 Å². The molecule has 0 atom stereocenters. The Balaban J connectivity index is 1.63. The summed E-state index contributed by atoms with van der Waals surface area (Å²) in [5.41, 5.74) is 1.92. The standard InChI is InChI=1S/C20H18ClN5O3/c1-24-20(27)26(19(23-24)28-2)17-11-7-6-8-14(17)13-29-18-16(21)12-25(22-18)15-9-4-3-5-10-15/h3-12H,13H2,1-2H3. The lowest BCUT2D eigenvalue weighted by atomic mass is 10.2. The van der Waals surface area contributed by atoms with Gasteiger partial charge >= 0.3 is 11.7 Å². The summed E-state index contributed by atoms with van der Waals surface area (Å²) in [7, 11) is 3.03. The number of halogens is 1. The van der Waals surface area contributed by atoms with Gasteiger partial charge in [0.15, 0.2) is 0 Å². The number of para-hydroxylation sites is 2. The summed E-state index contributed by atoms with van der Waals surface area (Å²) in [6.45, 7) is 0.159. The molecule has 8 nitrogen and oxygen atoms in total. The van der Waals surface area contributed by atoms with Crippen LogP contribution >= 0.6 is 11.6 Å². The fourth-order valence-electron chi connectivity index (χ4n) is 2.93. The van der Waals surface area contributed by atoms with Crippen LogP contribution in [0.15, 0.2) is 65.6 Å². The van der Waals surface area contributed by atoms with Crippen LogP contribution in [0.3, 0.4) is 0 Å². The number of rotatable bonds is 6. The lowest BCUT2D eigenvalue weighted by Crippen LogP contribution is -2.22. The third kappa shape index (κ3) is 3.62. The van der Waals surface area contributed by atoms with Crippen LogP contribution in [-0.4, -0.2) is 31.2 Å². The van der Waals surface area contributed by atoms with Gasteiger partial charge in [-0.25, -0.2) is 18.7 Å². The van der Waals surface area contributed by atoms with E-state index in [1.54, 1.807) is 24.0 Å². The largest absolute Gasteiger partial charge is 0.471 e. The van der Waals surface area contributed by atoms with Crippen molar-refractivity contribution in [3.63, 3.8) is 0 Å². The topological polar surface area (TPSA) is 76.1 Å². The van der Waals surface area contributed by atoms with Crippen molar-refractivity contribution in [1.29, 1.82) is 0 Å². The minimum atomic E-state index is -0.319. The average molecular weight is 412 g/mol. The molecule has 2 heterocycles. The van der Waals surface area contributed by atoms with Crippen molar-refractivity contribution in [1.82, 2.24) is 24.1 Å². The van der Waals surface area contributed by atoms with Crippen molar-refractivity contribution in [2.45, 2.75) is 6.61 Å². The number of hydrogen-bond acceptors (Lipinski definition) is 5. The Labute approximate surface area is 171 Å². The highest BCUT2D eigenvalue weighted by atomic mass is 35.5. The summed E-state index contributed by atoms with van der Waals surface area (Å²) in [5, 5.41) is 8.88. The number of hydrogen-bond donors (Lipinski definition) is 0. The minimum Gasteiger partial charge on any atom is -0.471 e. The van der Waals surface area contributed by atoms with E-state index in [4.69, 9.17) is 21.1 Å². The predicted octanol–water partition coefficient (Wildman–Crippen LogP) is 3.00. The van der Waals surface area contributed by atoms with Crippen LogP contribution < -0.4 is 15.2 Å². The SMILES string of the molecule is COc1nn(C)c(=O)n1-c1ccccc1COc1nn(-c2ccccc2)cc1Cl. The highest BCUT2D eigenvalue weighted by Crippen LogP contribution is 2.26. The molecule has 4 aromatic rings. The number of methoxy groups -OCH3 is 1. The zero-order valence-electron chi connectivity index (χ0n) is 15.8. The van der Waals surface area contributed by atoms with Crippen LogP contribution in [0.4, 0.5) is 0 Å². The molecule has 0 aliphatic heterocycles. The average Bonchev–Trinajstić information content (AvgIpc) is 3.26. The number of aromatic nitrogens is 5. The molecular weight excluding hydrogens is 394 g/mol. The molecule has 0 amide bonds. The van der Waals surface area contributed by atoms with Gasteiger partial charge in [0.2, 0.25) is 0 Å². The van der Waals surface area contributed by atoms with Gasteiger partial charge in [0, 0.05) is 12.6 Å². The van der Waals surface area contributed by atoms with Crippen molar-refractivity contribution < 1.29 is 9.47 Å². The summed E-state index contributed by atoms with van der Waals surface area (Å²) in [6, 6.07) is 17.1. The number of benzene rings is 2. The molecule has 2 aromatic carbocycles. The molecule has 0 unspecified atom stereocenters. The van der Waals surface area contributed by atoms with Crippen molar-refractivity contribution in [2.24, 2.45) is 7.05 Å². The quantitative estimate of drug-likeness (QED) is 0.487. The highest BCUT2D eigenvalue weighted by Gasteiger charge is 2.17. The van der Waals surface area contributed by atoms with Gasteiger partial charge in [-0.05, 0) is 18.2 Å².